The summed E-state index contributed by atoms with van der Waals surface area (Å²) in [7, 11) is 1.95. The summed E-state index contributed by atoms with van der Waals surface area (Å²) in [4.78, 5) is 15.8. The Kier molecular flexibility index (Phi) is 5.87. The molecule has 0 saturated carbocycles. The molecular formula is C15H22BrN3O2. The van der Waals surface area contributed by atoms with Gasteiger partial charge in [0, 0.05) is 42.9 Å². The van der Waals surface area contributed by atoms with Crippen molar-refractivity contribution in [2.45, 2.75) is 13.5 Å². The van der Waals surface area contributed by atoms with E-state index in [2.05, 4.69) is 44.3 Å². The lowest BCUT2D eigenvalue weighted by Crippen LogP contribution is -2.49. The van der Waals surface area contributed by atoms with Gasteiger partial charge < -0.3 is 19.9 Å². The average Bonchev–Trinajstić information content (AvgIpc) is 2.50. The van der Waals surface area contributed by atoms with Gasteiger partial charge in [-0.3, -0.25) is 0 Å². The number of anilines is 1. The van der Waals surface area contributed by atoms with Crippen LogP contribution >= 0.6 is 15.9 Å². The number of rotatable bonds is 4. The molecule has 0 unspecified atom stereocenters. The SMILES string of the molecule is CCOC(=O)N1CCN(c2cc(Br)ccc2CNC)CC1. The van der Waals surface area contributed by atoms with Crippen LogP contribution in [0, 0.1) is 0 Å². The Morgan fingerprint density at radius 1 is 1.33 bits per heavy atom. The molecule has 1 heterocycles. The molecule has 1 saturated heterocycles. The smallest absolute Gasteiger partial charge is 0.409 e. The van der Waals surface area contributed by atoms with E-state index in [0.29, 0.717) is 19.7 Å². The topological polar surface area (TPSA) is 44.8 Å². The number of amides is 1. The molecular weight excluding hydrogens is 334 g/mol. The van der Waals surface area contributed by atoms with E-state index in [-0.39, 0.29) is 6.09 Å². The van der Waals surface area contributed by atoms with Crippen LogP contribution in [0.2, 0.25) is 0 Å². The Hall–Kier alpha value is -1.27. The highest BCUT2D eigenvalue weighted by atomic mass is 79.9. The molecule has 6 heteroatoms. The predicted octanol–water partition coefficient (Wildman–Crippen LogP) is 2.45. The maximum absolute atomic E-state index is 11.7. The van der Waals surface area contributed by atoms with Gasteiger partial charge in [0.2, 0.25) is 0 Å². The molecule has 1 N–H and O–H groups in total. The Bertz CT molecular complexity index is 488. The fraction of sp³-hybridized carbons (Fsp3) is 0.533. The molecule has 0 aliphatic carbocycles. The van der Waals surface area contributed by atoms with Crippen molar-refractivity contribution in [2.75, 3.05) is 44.7 Å². The third-order valence-electron chi connectivity index (χ3n) is 3.56. The number of ether oxygens (including phenoxy) is 1. The van der Waals surface area contributed by atoms with Crippen LogP contribution in [0.3, 0.4) is 0 Å². The zero-order chi connectivity index (χ0) is 15.2. The van der Waals surface area contributed by atoms with Crippen LogP contribution in [0.15, 0.2) is 22.7 Å². The fourth-order valence-corrected chi connectivity index (χ4v) is 2.87. The summed E-state index contributed by atoms with van der Waals surface area (Å²) >= 11 is 3.54. The van der Waals surface area contributed by atoms with Gasteiger partial charge in [0.1, 0.15) is 0 Å². The number of halogens is 1. The monoisotopic (exact) mass is 355 g/mol. The van der Waals surface area contributed by atoms with Gasteiger partial charge in [-0.2, -0.15) is 0 Å². The molecule has 21 heavy (non-hydrogen) atoms. The maximum Gasteiger partial charge on any atom is 0.409 e. The minimum absolute atomic E-state index is 0.207. The number of hydrogen-bond donors (Lipinski definition) is 1. The summed E-state index contributed by atoms with van der Waals surface area (Å²) in [6.45, 7) is 6.14. The normalized spacial score (nSPS) is 15.2. The van der Waals surface area contributed by atoms with Gasteiger partial charge in [-0.15, -0.1) is 0 Å². The highest BCUT2D eigenvalue weighted by Gasteiger charge is 2.23. The number of carbonyl (C=O) groups is 1. The number of nitrogens with one attached hydrogen (secondary N) is 1. The summed E-state index contributed by atoms with van der Waals surface area (Å²) in [6.07, 6.45) is -0.207. The predicted molar refractivity (Wildman–Crippen MR) is 87.7 cm³/mol. The van der Waals surface area contributed by atoms with Crippen molar-refractivity contribution in [1.29, 1.82) is 0 Å². The maximum atomic E-state index is 11.7. The lowest BCUT2D eigenvalue weighted by molar-refractivity contribution is 0.105. The first-order chi connectivity index (χ1) is 10.2. The van der Waals surface area contributed by atoms with E-state index in [9.17, 15) is 4.79 Å². The van der Waals surface area contributed by atoms with Crippen molar-refractivity contribution < 1.29 is 9.53 Å². The van der Waals surface area contributed by atoms with E-state index in [1.54, 1.807) is 4.90 Å². The molecule has 0 atom stereocenters. The van der Waals surface area contributed by atoms with E-state index in [1.807, 2.05) is 14.0 Å². The molecule has 1 fully saturated rings. The van der Waals surface area contributed by atoms with Gasteiger partial charge in [-0.25, -0.2) is 4.79 Å². The van der Waals surface area contributed by atoms with E-state index < -0.39 is 0 Å². The molecule has 0 bridgehead atoms. The van der Waals surface area contributed by atoms with Crippen molar-refractivity contribution >= 4 is 27.7 Å². The van der Waals surface area contributed by atoms with Crippen LogP contribution < -0.4 is 10.2 Å². The van der Waals surface area contributed by atoms with Crippen molar-refractivity contribution in [3.05, 3.63) is 28.2 Å². The number of carbonyl (C=O) groups excluding carboxylic acids is 1. The lowest BCUT2D eigenvalue weighted by Gasteiger charge is -2.36. The van der Waals surface area contributed by atoms with Crippen molar-refractivity contribution in [3.8, 4) is 0 Å². The van der Waals surface area contributed by atoms with Crippen LogP contribution in [-0.2, 0) is 11.3 Å². The lowest BCUT2D eigenvalue weighted by atomic mass is 10.1. The van der Waals surface area contributed by atoms with E-state index in [0.717, 1.165) is 24.1 Å². The Labute approximate surface area is 134 Å². The van der Waals surface area contributed by atoms with Gasteiger partial charge >= 0.3 is 6.09 Å². The molecule has 0 spiro atoms. The molecule has 5 nitrogen and oxygen atoms in total. The first kappa shape index (κ1) is 16.1. The van der Waals surface area contributed by atoms with E-state index >= 15 is 0 Å². The van der Waals surface area contributed by atoms with Crippen LogP contribution in [0.5, 0.6) is 0 Å². The highest BCUT2D eigenvalue weighted by molar-refractivity contribution is 9.10. The molecule has 0 radical (unpaired) electrons. The Balaban J connectivity index is 2.04. The molecule has 1 aliphatic heterocycles. The van der Waals surface area contributed by atoms with Crippen LogP contribution in [0.1, 0.15) is 12.5 Å². The van der Waals surface area contributed by atoms with Gasteiger partial charge in [0.25, 0.3) is 0 Å². The second kappa shape index (κ2) is 7.66. The third kappa shape index (κ3) is 4.11. The zero-order valence-corrected chi connectivity index (χ0v) is 14.1. The molecule has 1 aliphatic rings. The number of hydrogen-bond acceptors (Lipinski definition) is 4. The Morgan fingerprint density at radius 3 is 2.67 bits per heavy atom. The first-order valence-corrected chi connectivity index (χ1v) is 8.04. The fourth-order valence-electron chi connectivity index (χ4n) is 2.52. The summed E-state index contributed by atoms with van der Waals surface area (Å²) in [5.74, 6) is 0. The van der Waals surface area contributed by atoms with Gasteiger partial charge in [-0.05, 0) is 31.7 Å². The summed E-state index contributed by atoms with van der Waals surface area (Å²) in [5.41, 5.74) is 2.49. The van der Waals surface area contributed by atoms with Crippen molar-refractivity contribution in [2.24, 2.45) is 0 Å². The largest absolute Gasteiger partial charge is 0.450 e. The summed E-state index contributed by atoms with van der Waals surface area (Å²) in [5, 5.41) is 3.20. The number of benzene rings is 1. The van der Waals surface area contributed by atoms with Gasteiger partial charge in [0.15, 0.2) is 0 Å². The van der Waals surface area contributed by atoms with Crippen molar-refractivity contribution in [1.82, 2.24) is 10.2 Å². The first-order valence-electron chi connectivity index (χ1n) is 7.25. The molecule has 1 aromatic rings. The van der Waals surface area contributed by atoms with Crippen LogP contribution in [0.4, 0.5) is 10.5 Å². The van der Waals surface area contributed by atoms with E-state index in [4.69, 9.17) is 4.74 Å². The highest BCUT2D eigenvalue weighted by Crippen LogP contribution is 2.26. The van der Waals surface area contributed by atoms with E-state index in [1.165, 1.54) is 11.3 Å². The Morgan fingerprint density at radius 2 is 2.05 bits per heavy atom. The standard InChI is InChI=1S/C15H22BrN3O2/c1-3-21-15(20)19-8-6-18(7-9-19)14-10-13(16)5-4-12(14)11-17-2/h4-5,10,17H,3,6-9,11H2,1-2H3. The minimum Gasteiger partial charge on any atom is -0.450 e. The minimum atomic E-state index is -0.207. The molecule has 1 aromatic carbocycles. The summed E-state index contributed by atoms with van der Waals surface area (Å²) in [6, 6.07) is 6.34. The number of piperazine rings is 1. The summed E-state index contributed by atoms with van der Waals surface area (Å²) < 4.78 is 6.13. The molecule has 2 rings (SSSR count). The quantitative estimate of drug-likeness (QED) is 0.900. The van der Waals surface area contributed by atoms with Crippen molar-refractivity contribution in [3.63, 3.8) is 0 Å². The van der Waals surface area contributed by atoms with Gasteiger partial charge in [-0.1, -0.05) is 22.0 Å². The number of nitrogens with zero attached hydrogens (tertiary/aromatic N) is 2. The average molecular weight is 356 g/mol. The second-order valence-electron chi connectivity index (χ2n) is 4.98. The third-order valence-corrected chi connectivity index (χ3v) is 4.05. The molecule has 116 valence electrons. The van der Waals surface area contributed by atoms with Gasteiger partial charge in [0.05, 0.1) is 6.61 Å². The molecule has 0 aromatic heterocycles. The second-order valence-corrected chi connectivity index (χ2v) is 5.89. The van der Waals surface area contributed by atoms with Crippen LogP contribution in [-0.4, -0.2) is 50.8 Å². The van der Waals surface area contributed by atoms with Crippen LogP contribution in [0.25, 0.3) is 0 Å². The molecule has 1 amide bonds. The zero-order valence-electron chi connectivity index (χ0n) is 12.6.